The van der Waals surface area contributed by atoms with Gasteiger partial charge in [0, 0.05) is 6.04 Å². The zero-order chi connectivity index (χ0) is 16.7. The molecule has 0 saturated carbocycles. The van der Waals surface area contributed by atoms with Crippen LogP contribution in [0.5, 0.6) is 0 Å². The minimum atomic E-state index is -0.242. The molecule has 0 aliphatic rings. The van der Waals surface area contributed by atoms with Crippen LogP contribution in [-0.2, 0) is 16.0 Å². The summed E-state index contributed by atoms with van der Waals surface area (Å²) in [5.41, 5.74) is 9.50. The minimum Gasteiger partial charge on any atom is -0.466 e. The Morgan fingerprint density at radius 1 is 1.09 bits per heavy atom. The lowest BCUT2D eigenvalue weighted by molar-refractivity contribution is -0.142. The minimum absolute atomic E-state index is 0.0653. The number of ether oxygens (including phenoxy) is 1. The largest absolute Gasteiger partial charge is 0.466 e. The number of rotatable bonds is 7. The van der Waals surface area contributed by atoms with Crippen LogP contribution in [0.3, 0.4) is 0 Å². The third-order valence-electron chi connectivity index (χ3n) is 3.70. The van der Waals surface area contributed by atoms with Crippen LogP contribution >= 0.6 is 9.24 Å². The lowest BCUT2D eigenvalue weighted by Gasteiger charge is -2.16. The fourth-order valence-corrected chi connectivity index (χ4v) is 2.97. The van der Waals surface area contributed by atoms with Crippen molar-refractivity contribution in [3.05, 3.63) is 60.2 Å². The summed E-state index contributed by atoms with van der Waals surface area (Å²) in [5.74, 6) is -0.202. The number of hydrogen-bond donors (Lipinski definition) is 1. The first-order valence-corrected chi connectivity index (χ1v) is 8.59. The highest BCUT2D eigenvalue weighted by Gasteiger charge is 2.18. The first-order valence-electron chi connectivity index (χ1n) is 7.92. The van der Waals surface area contributed by atoms with Crippen LogP contribution in [0.4, 0.5) is 0 Å². The number of carbonyl (C=O) groups is 1. The predicted octanol–water partition coefficient (Wildman–Crippen LogP) is 3.42. The molecule has 122 valence electrons. The molecule has 0 fully saturated rings. The number of hydrogen-bond acceptors (Lipinski definition) is 3. The number of benzene rings is 2. The molecule has 23 heavy (non-hydrogen) atoms. The molecule has 2 rings (SSSR count). The van der Waals surface area contributed by atoms with Crippen LogP contribution in [0, 0.1) is 0 Å². The van der Waals surface area contributed by atoms with Gasteiger partial charge in [0.05, 0.1) is 12.3 Å². The maximum atomic E-state index is 11.6. The van der Waals surface area contributed by atoms with E-state index in [0.717, 1.165) is 6.42 Å². The Bertz CT molecular complexity index is 613. The molecule has 0 bridgehead atoms. The van der Waals surface area contributed by atoms with Crippen molar-refractivity contribution in [3.63, 3.8) is 0 Å². The molecular formula is C19H24NO2P. The molecule has 0 radical (unpaired) electrons. The van der Waals surface area contributed by atoms with E-state index in [9.17, 15) is 4.79 Å². The van der Waals surface area contributed by atoms with Gasteiger partial charge in [0.25, 0.3) is 0 Å². The van der Waals surface area contributed by atoms with Gasteiger partial charge in [-0.15, -0.1) is 9.24 Å². The quantitative estimate of drug-likeness (QED) is 0.625. The third kappa shape index (κ3) is 5.46. The first kappa shape index (κ1) is 17.7. The van der Waals surface area contributed by atoms with Crippen LogP contribution in [0.15, 0.2) is 54.6 Å². The lowest BCUT2D eigenvalue weighted by Crippen LogP contribution is -2.30. The van der Waals surface area contributed by atoms with E-state index >= 15 is 0 Å². The van der Waals surface area contributed by atoms with Gasteiger partial charge in [-0.05, 0) is 36.5 Å². The molecule has 0 aliphatic heterocycles. The SMILES string of the molecule is CCOC(=O)[C@H](P)C[C@H](N)Cc1ccc(-c2ccccc2)cc1. The average Bonchev–Trinajstić information content (AvgIpc) is 2.56. The van der Waals surface area contributed by atoms with E-state index in [4.69, 9.17) is 10.5 Å². The number of nitrogens with two attached hydrogens (primary N) is 1. The van der Waals surface area contributed by atoms with E-state index in [0.29, 0.717) is 13.0 Å². The summed E-state index contributed by atoms with van der Waals surface area (Å²) >= 11 is 0. The van der Waals surface area contributed by atoms with Crippen molar-refractivity contribution >= 4 is 15.2 Å². The van der Waals surface area contributed by atoms with Gasteiger partial charge in [-0.3, -0.25) is 4.79 Å². The number of esters is 1. The van der Waals surface area contributed by atoms with E-state index in [-0.39, 0.29) is 17.7 Å². The van der Waals surface area contributed by atoms with Crippen LogP contribution in [0.1, 0.15) is 18.9 Å². The molecule has 0 heterocycles. The van der Waals surface area contributed by atoms with E-state index in [1.165, 1.54) is 16.7 Å². The van der Waals surface area contributed by atoms with Crippen molar-refractivity contribution in [2.75, 3.05) is 6.61 Å². The Hall–Kier alpha value is -1.70. The molecule has 0 saturated heterocycles. The highest BCUT2D eigenvalue weighted by atomic mass is 31.0. The molecule has 4 heteroatoms. The van der Waals surface area contributed by atoms with Crippen molar-refractivity contribution in [1.82, 2.24) is 0 Å². The molecule has 0 amide bonds. The molecule has 1 unspecified atom stereocenters. The standard InChI is InChI=1S/C19H24NO2P/c1-2-22-19(21)18(23)13-17(20)12-14-8-10-16(11-9-14)15-6-4-3-5-7-15/h3-11,17-18H,2,12-13,20,23H2,1H3/t17-,18-/m1/s1. The smallest absolute Gasteiger partial charge is 0.312 e. The van der Waals surface area contributed by atoms with Crippen LogP contribution in [0.25, 0.3) is 11.1 Å². The maximum Gasteiger partial charge on any atom is 0.312 e. The molecule has 0 aromatic heterocycles. The van der Waals surface area contributed by atoms with Gasteiger partial charge in [0.15, 0.2) is 0 Å². The number of carbonyl (C=O) groups excluding carboxylic acids is 1. The fraction of sp³-hybridized carbons (Fsp3) is 0.316. The van der Waals surface area contributed by atoms with E-state index in [2.05, 4.69) is 45.6 Å². The Labute approximate surface area is 140 Å². The summed E-state index contributed by atoms with van der Waals surface area (Å²) in [4.78, 5) is 11.6. The Kier molecular flexibility index (Phi) is 6.76. The summed E-state index contributed by atoms with van der Waals surface area (Å²) < 4.78 is 5.00. The Morgan fingerprint density at radius 3 is 2.30 bits per heavy atom. The van der Waals surface area contributed by atoms with Gasteiger partial charge in [-0.25, -0.2) is 0 Å². The topological polar surface area (TPSA) is 52.3 Å². The van der Waals surface area contributed by atoms with Crippen LogP contribution in [-0.4, -0.2) is 24.3 Å². The molecule has 0 spiro atoms. The second kappa shape index (κ2) is 8.81. The molecule has 2 N–H and O–H groups in total. The van der Waals surface area contributed by atoms with Crippen molar-refractivity contribution in [2.24, 2.45) is 5.73 Å². The predicted molar refractivity (Wildman–Crippen MR) is 98.3 cm³/mol. The van der Waals surface area contributed by atoms with E-state index < -0.39 is 0 Å². The molecule has 2 aromatic carbocycles. The summed E-state index contributed by atoms with van der Waals surface area (Å²) in [7, 11) is 2.53. The zero-order valence-corrected chi connectivity index (χ0v) is 14.6. The highest BCUT2D eigenvalue weighted by Crippen LogP contribution is 2.20. The average molecular weight is 329 g/mol. The Balaban J connectivity index is 1.92. The fourth-order valence-electron chi connectivity index (χ4n) is 2.52. The van der Waals surface area contributed by atoms with Gasteiger partial charge < -0.3 is 10.5 Å². The summed E-state index contributed by atoms with van der Waals surface area (Å²) in [6.07, 6.45) is 1.35. The molecule has 0 aliphatic carbocycles. The van der Waals surface area contributed by atoms with Gasteiger partial charge in [-0.1, -0.05) is 54.6 Å². The van der Waals surface area contributed by atoms with Crippen molar-refractivity contribution in [3.8, 4) is 11.1 Å². The normalized spacial score (nSPS) is 13.3. The van der Waals surface area contributed by atoms with Crippen molar-refractivity contribution in [1.29, 1.82) is 0 Å². The molecule has 3 atom stereocenters. The van der Waals surface area contributed by atoms with E-state index in [1.807, 2.05) is 25.1 Å². The van der Waals surface area contributed by atoms with E-state index in [1.54, 1.807) is 0 Å². The van der Waals surface area contributed by atoms with Gasteiger partial charge in [0.1, 0.15) is 0 Å². The van der Waals surface area contributed by atoms with Gasteiger partial charge in [0.2, 0.25) is 0 Å². The second-order valence-electron chi connectivity index (χ2n) is 5.62. The summed E-state index contributed by atoms with van der Waals surface area (Å²) in [6.45, 7) is 2.21. The van der Waals surface area contributed by atoms with Crippen LogP contribution in [0.2, 0.25) is 0 Å². The van der Waals surface area contributed by atoms with Crippen LogP contribution < -0.4 is 5.73 Å². The van der Waals surface area contributed by atoms with Gasteiger partial charge >= 0.3 is 5.97 Å². The Morgan fingerprint density at radius 2 is 1.70 bits per heavy atom. The zero-order valence-electron chi connectivity index (χ0n) is 13.4. The van der Waals surface area contributed by atoms with Crippen molar-refractivity contribution < 1.29 is 9.53 Å². The maximum absolute atomic E-state index is 11.6. The lowest BCUT2D eigenvalue weighted by atomic mass is 9.99. The molecule has 3 nitrogen and oxygen atoms in total. The van der Waals surface area contributed by atoms with Crippen molar-refractivity contribution in [2.45, 2.75) is 31.5 Å². The molecular weight excluding hydrogens is 305 g/mol. The summed E-state index contributed by atoms with van der Waals surface area (Å²) in [6, 6.07) is 18.6. The third-order valence-corrected chi connectivity index (χ3v) is 4.25. The monoisotopic (exact) mass is 329 g/mol. The first-order chi connectivity index (χ1) is 11.1. The molecule has 2 aromatic rings. The van der Waals surface area contributed by atoms with Gasteiger partial charge in [-0.2, -0.15) is 0 Å². The summed E-state index contributed by atoms with van der Waals surface area (Å²) in [5, 5.41) is 0. The second-order valence-corrected chi connectivity index (χ2v) is 6.43. The highest BCUT2D eigenvalue weighted by molar-refractivity contribution is 7.19.